The molecule has 2 unspecified atom stereocenters. The van der Waals surface area contributed by atoms with Gasteiger partial charge in [0.2, 0.25) is 0 Å². The number of ether oxygens (including phenoxy) is 2. The molecule has 6 nitrogen and oxygen atoms in total. The van der Waals surface area contributed by atoms with E-state index in [4.69, 9.17) is 9.47 Å². The number of carbonyl (C=O) groups excluding carboxylic acids is 2. The van der Waals surface area contributed by atoms with Crippen LogP contribution < -0.4 is 9.47 Å². The van der Waals surface area contributed by atoms with Gasteiger partial charge in [-0.05, 0) is 86.3 Å². The first-order valence-corrected chi connectivity index (χ1v) is 15.6. The molecule has 230 valence electrons. The Morgan fingerprint density at radius 1 is 0.545 bits per heavy atom. The maximum atomic E-state index is 13.9. The van der Waals surface area contributed by atoms with Crippen LogP contribution in [0.2, 0.25) is 0 Å². The van der Waals surface area contributed by atoms with Crippen LogP contribution in [0.4, 0.5) is 0 Å². The van der Waals surface area contributed by atoms with Gasteiger partial charge < -0.3 is 19.3 Å². The topological polar surface area (TPSA) is 59.1 Å². The van der Waals surface area contributed by atoms with Crippen molar-refractivity contribution >= 4 is 11.8 Å². The molecular weight excluding hydrogens is 548 g/mol. The number of hydrogen-bond donors (Lipinski definition) is 0. The third-order valence-corrected chi connectivity index (χ3v) is 7.67. The molecular formula is C38H44N2O4. The van der Waals surface area contributed by atoms with E-state index in [-0.39, 0.29) is 24.0 Å². The molecule has 6 heteroatoms. The Bertz CT molecular complexity index is 1330. The first-order chi connectivity index (χ1) is 21.4. The summed E-state index contributed by atoms with van der Waals surface area (Å²) in [4.78, 5) is 31.4. The van der Waals surface area contributed by atoms with Gasteiger partial charge in [-0.1, -0.05) is 74.5 Å². The summed E-state index contributed by atoms with van der Waals surface area (Å²) < 4.78 is 11.8. The fraction of sp³-hybridized carbons (Fsp3) is 0.316. The Hall–Kier alpha value is -4.58. The van der Waals surface area contributed by atoms with E-state index in [1.807, 2.05) is 133 Å². The van der Waals surface area contributed by atoms with Crippen molar-refractivity contribution in [2.45, 2.75) is 65.8 Å². The molecule has 0 saturated carbocycles. The minimum atomic E-state index is -0.0948. The van der Waals surface area contributed by atoms with Gasteiger partial charge in [-0.15, -0.1) is 0 Å². The molecule has 0 heterocycles. The fourth-order valence-electron chi connectivity index (χ4n) is 4.70. The van der Waals surface area contributed by atoms with Gasteiger partial charge in [-0.25, -0.2) is 0 Å². The van der Waals surface area contributed by atoms with Crippen molar-refractivity contribution < 1.29 is 19.1 Å². The molecule has 0 aromatic heterocycles. The Balaban J connectivity index is 1.55. The molecule has 0 aliphatic carbocycles. The van der Waals surface area contributed by atoms with Crippen LogP contribution in [-0.4, -0.2) is 46.9 Å². The second-order valence-corrected chi connectivity index (χ2v) is 11.1. The minimum absolute atomic E-state index is 0.0948. The monoisotopic (exact) mass is 592 g/mol. The Morgan fingerprint density at radius 3 is 1.20 bits per heavy atom. The van der Waals surface area contributed by atoms with Crippen LogP contribution in [0.25, 0.3) is 0 Å². The molecule has 0 radical (unpaired) electrons. The van der Waals surface area contributed by atoms with Crippen molar-refractivity contribution in [2.75, 3.05) is 13.1 Å². The van der Waals surface area contributed by atoms with Gasteiger partial charge in [0.25, 0.3) is 11.8 Å². The molecule has 44 heavy (non-hydrogen) atoms. The van der Waals surface area contributed by atoms with Crippen molar-refractivity contribution in [1.82, 2.24) is 9.80 Å². The highest BCUT2D eigenvalue weighted by atomic mass is 16.5. The first kappa shape index (κ1) is 32.3. The fourth-order valence-corrected chi connectivity index (χ4v) is 4.70. The number of benzene rings is 4. The second-order valence-electron chi connectivity index (χ2n) is 11.1. The van der Waals surface area contributed by atoms with Gasteiger partial charge >= 0.3 is 0 Å². The number of nitrogens with zero attached hydrogens (tertiary/aromatic N) is 2. The molecule has 2 amide bonds. The van der Waals surface area contributed by atoms with E-state index in [1.165, 1.54) is 0 Å². The van der Waals surface area contributed by atoms with Crippen LogP contribution in [0.5, 0.6) is 11.5 Å². The van der Waals surface area contributed by atoms with Crippen molar-refractivity contribution in [3.05, 3.63) is 131 Å². The number of amides is 2. The van der Waals surface area contributed by atoms with Crippen LogP contribution in [0.15, 0.2) is 109 Å². The summed E-state index contributed by atoms with van der Waals surface area (Å²) in [5.74, 6) is 1.29. The lowest BCUT2D eigenvalue weighted by atomic mass is 10.1. The summed E-state index contributed by atoms with van der Waals surface area (Å²) >= 11 is 0. The van der Waals surface area contributed by atoms with Gasteiger partial charge in [0.1, 0.15) is 11.5 Å². The summed E-state index contributed by atoms with van der Waals surface area (Å²) in [5, 5.41) is 0. The first-order valence-electron chi connectivity index (χ1n) is 15.6. The molecule has 0 fully saturated rings. The van der Waals surface area contributed by atoms with E-state index >= 15 is 0 Å². The van der Waals surface area contributed by atoms with Crippen LogP contribution in [0.3, 0.4) is 0 Å². The molecule has 4 aromatic carbocycles. The van der Waals surface area contributed by atoms with Crippen molar-refractivity contribution in [2.24, 2.45) is 0 Å². The lowest BCUT2D eigenvalue weighted by Crippen LogP contribution is -2.40. The number of rotatable bonds is 15. The third kappa shape index (κ3) is 9.46. The Morgan fingerprint density at radius 2 is 0.886 bits per heavy atom. The normalized spacial score (nSPS) is 12.2. The summed E-state index contributed by atoms with van der Waals surface area (Å²) in [6.45, 7) is 9.80. The maximum Gasteiger partial charge on any atom is 0.254 e. The zero-order valence-corrected chi connectivity index (χ0v) is 26.3. The van der Waals surface area contributed by atoms with Gasteiger partial charge in [0, 0.05) is 37.3 Å². The predicted molar refractivity (Wildman–Crippen MR) is 176 cm³/mol. The van der Waals surface area contributed by atoms with Gasteiger partial charge in [-0.3, -0.25) is 9.59 Å². The molecule has 0 spiro atoms. The van der Waals surface area contributed by atoms with E-state index in [0.717, 1.165) is 35.5 Å². The van der Waals surface area contributed by atoms with Crippen LogP contribution in [0, 0.1) is 0 Å². The minimum Gasteiger partial charge on any atom is -0.491 e. The maximum absolute atomic E-state index is 13.9. The predicted octanol–water partition coefficient (Wildman–Crippen LogP) is 8.03. The molecule has 0 aliphatic heterocycles. The summed E-state index contributed by atoms with van der Waals surface area (Å²) in [7, 11) is 0. The van der Waals surface area contributed by atoms with E-state index < -0.39 is 0 Å². The lowest BCUT2D eigenvalue weighted by Gasteiger charge is -2.29. The highest BCUT2D eigenvalue weighted by molar-refractivity contribution is 5.95. The second kappa shape index (κ2) is 16.3. The largest absolute Gasteiger partial charge is 0.491 e. The zero-order valence-electron chi connectivity index (χ0n) is 26.3. The summed E-state index contributed by atoms with van der Waals surface area (Å²) in [6, 6.07) is 34.5. The van der Waals surface area contributed by atoms with E-state index in [9.17, 15) is 9.59 Å². The molecule has 0 saturated heterocycles. The molecule has 0 bridgehead atoms. The average molecular weight is 593 g/mol. The van der Waals surface area contributed by atoms with Crippen molar-refractivity contribution in [3.63, 3.8) is 0 Å². The standard InChI is InChI=1S/C38H44N2O4/c1-5-29(3)43-35-21-17-33(18-22-35)37(41)39(27-31-13-9-7-10-14-31)25-26-40(28-32-15-11-8-12-16-32)38(42)34-19-23-36(24-20-34)44-30(4)6-2/h7-24,29-30H,5-6,25-28H2,1-4H3. The molecule has 2 atom stereocenters. The molecule has 0 aliphatic rings. The van der Waals surface area contributed by atoms with Gasteiger partial charge in [0.15, 0.2) is 0 Å². The Labute approximate surface area is 262 Å². The lowest BCUT2D eigenvalue weighted by molar-refractivity contribution is 0.0644. The van der Waals surface area contributed by atoms with E-state index in [0.29, 0.717) is 37.3 Å². The number of carbonyl (C=O) groups is 2. The average Bonchev–Trinajstić information content (AvgIpc) is 3.06. The van der Waals surface area contributed by atoms with Crippen molar-refractivity contribution in [3.8, 4) is 11.5 Å². The SMILES string of the molecule is CCC(C)Oc1ccc(C(=O)N(CCN(Cc2ccccc2)C(=O)c2ccc(OC(C)CC)cc2)Cc2ccccc2)cc1. The molecule has 4 rings (SSSR count). The van der Waals surface area contributed by atoms with Crippen molar-refractivity contribution in [1.29, 1.82) is 0 Å². The van der Waals surface area contributed by atoms with Crippen LogP contribution in [-0.2, 0) is 13.1 Å². The Kier molecular flexibility index (Phi) is 12.0. The summed E-state index contributed by atoms with van der Waals surface area (Å²) in [5.41, 5.74) is 3.20. The summed E-state index contributed by atoms with van der Waals surface area (Å²) in [6.07, 6.45) is 2.00. The highest BCUT2D eigenvalue weighted by Crippen LogP contribution is 2.20. The van der Waals surface area contributed by atoms with Crippen LogP contribution in [0.1, 0.15) is 72.4 Å². The van der Waals surface area contributed by atoms with Crippen LogP contribution >= 0.6 is 0 Å². The molecule has 4 aromatic rings. The quantitative estimate of drug-likeness (QED) is 0.140. The van der Waals surface area contributed by atoms with E-state index in [2.05, 4.69) is 13.8 Å². The highest BCUT2D eigenvalue weighted by Gasteiger charge is 2.22. The zero-order chi connectivity index (χ0) is 31.3. The van der Waals surface area contributed by atoms with Gasteiger partial charge in [0.05, 0.1) is 12.2 Å². The smallest absolute Gasteiger partial charge is 0.254 e. The molecule has 0 N–H and O–H groups in total. The van der Waals surface area contributed by atoms with Gasteiger partial charge in [-0.2, -0.15) is 0 Å². The number of hydrogen-bond acceptors (Lipinski definition) is 4. The third-order valence-electron chi connectivity index (χ3n) is 7.67. The van der Waals surface area contributed by atoms with E-state index in [1.54, 1.807) is 0 Å².